The highest BCUT2D eigenvalue weighted by Crippen LogP contribution is 2.30. The number of benzene rings is 3. The number of carbonyl (C=O) groups excluding carboxylic acids is 2. The Morgan fingerprint density at radius 2 is 1.39 bits per heavy atom. The Morgan fingerprint density at radius 1 is 0.774 bits per heavy atom. The molecule has 0 atom stereocenters. The van der Waals surface area contributed by atoms with Crippen molar-refractivity contribution < 1.29 is 19.1 Å². The summed E-state index contributed by atoms with van der Waals surface area (Å²) in [4.78, 5) is 23.9. The lowest BCUT2D eigenvalue weighted by molar-refractivity contribution is -0.131. The highest BCUT2D eigenvalue weighted by Gasteiger charge is 2.09. The highest BCUT2D eigenvalue weighted by atomic mass is 79.9. The Bertz CT molecular complexity index is 1050. The number of hydrogen-bond acceptors (Lipinski definition) is 4. The van der Waals surface area contributed by atoms with E-state index in [2.05, 4.69) is 26.8 Å². The van der Waals surface area contributed by atoms with Crippen molar-refractivity contribution in [1.82, 2.24) is 10.9 Å². The van der Waals surface area contributed by atoms with Crippen LogP contribution in [0.15, 0.2) is 71.2 Å². The van der Waals surface area contributed by atoms with Gasteiger partial charge in [-0.25, -0.2) is 0 Å². The van der Waals surface area contributed by atoms with Crippen molar-refractivity contribution in [1.29, 1.82) is 0 Å². The number of aryl methyl sites for hydroxylation is 2. The van der Waals surface area contributed by atoms with Crippen LogP contribution in [0.25, 0.3) is 11.1 Å². The third-order valence-corrected chi connectivity index (χ3v) is 4.92. The number of halogens is 1. The molecule has 6 nitrogen and oxygen atoms in total. The SMILES string of the molecule is Cc1cc(C)cc(OCC(=O)NNC(=O)COc2ccc(-c3ccccc3)cc2Br)c1. The first-order valence-electron chi connectivity index (χ1n) is 9.67. The quantitative estimate of drug-likeness (QED) is 0.491. The third kappa shape index (κ3) is 6.86. The molecule has 0 unspecified atom stereocenters. The monoisotopic (exact) mass is 482 g/mol. The zero-order valence-electron chi connectivity index (χ0n) is 17.3. The van der Waals surface area contributed by atoms with E-state index < -0.39 is 11.8 Å². The predicted octanol–water partition coefficient (Wildman–Crippen LogP) is 4.34. The predicted molar refractivity (Wildman–Crippen MR) is 123 cm³/mol. The van der Waals surface area contributed by atoms with E-state index in [-0.39, 0.29) is 13.2 Å². The first-order chi connectivity index (χ1) is 14.9. The summed E-state index contributed by atoms with van der Waals surface area (Å²) < 4.78 is 11.7. The largest absolute Gasteiger partial charge is 0.484 e. The highest BCUT2D eigenvalue weighted by molar-refractivity contribution is 9.10. The van der Waals surface area contributed by atoms with Gasteiger partial charge in [0.1, 0.15) is 11.5 Å². The van der Waals surface area contributed by atoms with Gasteiger partial charge in [-0.15, -0.1) is 0 Å². The fraction of sp³-hybridized carbons (Fsp3) is 0.167. The molecule has 0 aliphatic heterocycles. The van der Waals surface area contributed by atoms with Crippen LogP contribution in [0.2, 0.25) is 0 Å². The van der Waals surface area contributed by atoms with Gasteiger partial charge in [0.15, 0.2) is 13.2 Å². The summed E-state index contributed by atoms with van der Waals surface area (Å²) in [6, 6.07) is 21.3. The maximum atomic E-state index is 12.0. The van der Waals surface area contributed by atoms with E-state index in [1.54, 1.807) is 6.07 Å². The van der Waals surface area contributed by atoms with Gasteiger partial charge < -0.3 is 9.47 Å². The van der Waals surface area contributed by atoms with Gasteiger partial charge in [0, 0.05) is 0 Å². The standard InChI is InChI=1S/C24H23BrN2O4/c1-16-10-17(2)12-20(11-16)30-14-23(28)26-27-24(29)15-31-22-9-8-19(13-21(22)25)18-6-4-3-5-7-18/h3-13H,14-15H2,1-2H3,(H,26,28)(H,27,29). The van der Waals surface area contributed by atoms with Crippen LogP contribution in [0.4, 0.5) is 0 Å². The van der Waals surface area contributed by atoms with Crippen LogP contribution in [0.5, 0.6) is 11.5 Å². The molecule has 0 fully saturated rings. The van der Waals surface area contributed by atoms with Crippen LogP contribution in [0.1, 0.15) is 11.1 Å². The van der Waals surface area contributed by atoms with Crippen molar-refractivity contribution in [3.63, 3.8) is 0 Å². The summed E-state index contributed by atoms with van der Waals surface area (Å²) in [6.45, 7) is 3.44. The Morgan fingerprint density at radius 3 is 2.00 bits per heavy atom. The van der Waals surface area contributed by atoms with Gasteiger partial charge in [-0.3, -0.25) is 20.4 Å². The molecule has 7 heteroatoms. The minimum Gasteiger partial charge on any atom is -0.484 e. The molecular formula is C24H23BrN2O4. The van der Waals surface area contributed by atoms with Gasteiger partial charge in [0.2, 0.25) is 0 Å². The molecule has 31 heavy (non-hydrogen) atoms. The normalized spacial score (nSPS) is 10.3. The van der Waals surface area contributed by atoms with E-state index in [4.69, 9.17) is 9.47 Å². The van der Waals surface area contributed by atoms with Gasteiger partial charge in [0.05, 0.1) is 4.47 Å². The molecule has 2 amide bonds. The molecular weight excluding hydrogens is 460 g/mol. The second-order valence-corrected chi connectivity index (χ2v) is 7.86. The molecule has 0 saturated carbocycles. The van der Waals surface area contributed by atoms with Crippen LogP contribution >= 0.6 is 15.9 Å². The molecule has 3 rings (SSSR count). The van der Waals surface area contributed by atoms with Crippen LogP contribution in [0, 0.1) is 13.8 Å². The Hall–Kier alpha value is -3.32. The number of rotatable bonds is 7. The minimum absolute atomic E-state index is 0.212. The van der Waals surface area contributed by atoms with Crippen LogP contribution < -0.4 is 20.3 Å². The van der Waals surface area contributed by atoms with E-state index in [9.17, 15) is 9.59 Å². The molecule has 0 bridgehead atoms. The van der Waals surface area contributed by atoms with Crippen molar-refractivity contribution >= 4 is 27.7 Å². The Balaban J connectivity index is 1.43. The Labute approximate surface area is 189 Å². The van der Waals surface area contributed by atoms with Crippen molar-refractivity contribution in [3.05, 3.63) is 82.3 Å². The summed E-state index contributed by atoms with van der Waals surface area (Å²) >= 11 is 3.47. The first kappa shape index (κ1) is 22.4. The molecule has 0 radical (unpaired) electrons. The van der Waals surface area contributed by atoms with Crippen molar-refractivity contribution in [2.24, 2.45) is 0 Å². The summed E-state index contributed by atoms with van der Waals surface area (Å²) in [5, 5.41) is 0. The van der Waals surface area contributed by atoms with Crippen LogP contribution in [-0.4, -0.2) is 25.0 Å². The van der Waals surface area contributed by atoms with Crippen molar-refractivity contribution in [2.75, 3.05) is 13.2 Å². The second kappa shape index (κ2) is 10.6. The molecule has 0 aliphatic carbocycles. The molecule has 3 aromatic carbocycles. The average molecular weight is 483 g/mol. The Kier molecular flexibility index (Phi) is 7.67. The summed E-state index contributed by atoms with van der Waals surface area (Å²) in [6.07, 6.45) is 0. The van der Waals surface area contributed by atoms with Gasteiger partial charge in [-0.2, -0.15) is 0 Å². The zero-order chi connectivity index (χ0) is 22.2. The fourth-order valence-corrected chi connectivity index (χ4v) is 3.44. The molecule has 0 heterocycles. The second-order valence-electron chi connectivity index (χ2n) is 7.01. The van der Waals surface area contributed by atoms with Gasteiger partial charge in [-0.05, 0) is 76.3 Å². The van der Waals surface area contributed by atoms with E-state index >= 15 is 0 Å². The summed E-state index contributed by atoms with van der Waals surface area (Å²) in [5.74, 6) is 0.171. The molecule has 0 saturated heterocycles. The lowest BCUT2D eigenvalue weighted by Gasteiger charge is -2.12. The third-order valence-electron chi connectivity index (χ3n) is 4.30. The number of hydrogen-bond donors (Lipinski definition) is 2. The van der Waals surface area contributed by atoms with E-state index in [0.717, 1.165) is 26.7 Å². The van der Waals surface area contributed by atoms with Crippen LogP contribution in [-0.2, 0) is 9.59 Å². The maximum absolute atomic E-state index is 12.0. The molecule has 0 aliphatic rings. The van der Waals surface area contributed by atoms with Crippen molar-refractivity contribution in [2.45, 2.75) is 13.8 Å². The smallest absolute Gasteiger partial charge is 0.276 e. The zero-order valence-corrected chi connectivity index (χ0v) is 18.9. The lowest BCUT2D eigenvalue weighted by atomic mass is 10.1. The molecule has 0 aromatic heterocycles. The topological polar surface area (TPSA) is 76.7 Å². The van der Waals surface area contributed by atoms with E-state index in [0.29, 0.717) is 11.5 Å². The average Bonchev–Trinajstić information content (AvgIpc) is 2.75. The number of carbonyl (C=O) groups is 2. The van der Waals surface area contributed by atoms with Gasteiger partial charge >= 0.3 is 0 Å². The van der Waals surface area contributed by atoms with Gasteiger partial charge in [-0.1, -0.05) is 42.5 Å². The van der Waals surface area contributed by atoms with Crippen LogP contribution in [0.3, 0.4) is 0 Å². The van der Waals surface area contributed by atoms with E-state index in [1.165, 1.54) is 0 Å². The fourth-order valence-electron chi connectivity index (χ4n) is 2.95. The maximum Gasteiger partial charge on any atom is 0.276 e. The molecule has 160 valence electrons. The number of ether oxygens (including phenoxy) is 2. The summed E-state index contributed by atoms with van der Waals surface area (Å²) in [7, 11) is 0. The molecule has 0 spiro atoms. The number of hydrazine groups is 1. The molecule has 2 N–H and O–H groups in total. The number of nitrogens with one attached hydrogen (secondary N) is 2. The summed E-state index contributed by atoms with van der Waals surface area (Å²) in [5.41, 5.74) is 8.82. The number of amides is 2. The minimum atomic E-state index is -0.487. The van der Waals surface area contributed by atoms with Gasteiger partial charge in [0.25, 0.3) is 11.8 Å². The first-order valence-corrected chi connectivity index (χ1v) is 10.5. The van der Waals surface area contributed by atoms with E-state index in [1.807, 2.05) is 74.5 Å². The molecule has 3 aromatic rings. The van der Waals surface area contributed by atoms with Crippen molar-refractivity contribution in [3.8, 4) is 22.6 Å². The lowest BCUT2D eigenvalue weighted by Crippen LogP contribution is -2.45.